The predicted molar refractivity (Wildman–Crippen MR) is 201 cm³/mol. The molecule has 0 aromatic heterocycles. The van der Waals surface area contributed by atoms with Crippen molar-refractivity contribution in [3.63, 3.8) is 0 Å². The first-order chi connectivity index (χ1) is 23.0. The Hall–Kier alpha value is -5.86. The lowest BCUT2D eigenvalue weighted by molar-refractivity contribution is 0.632. The van der Waals surface area contributed by atoms with Crippen LogP contribution in [-0.2, 0) is 5.41 Å². The van der Waals surface area contributed by atoms with E-state index in [2.05, 4.69) is 194 Å². The zero-order valence-corrected chi connectivity index (χ0v) is 26.7. The van der Waals surface area contributed by atoms with Crippen molar-refractivity contribution >= 4 is 39.6 Å². The number of para-hydroxylation sites is 2. The summed E-state index contributed by atoms with van der Waals surface area (Å²) in [5.74, 6) is 0. The molecule has 1 aliphatic heterocycles. The average molecular weight is 605 g/mol. The first-order valence-electron chi connectivity index (χ1n) is 16.3. The average Bonchev–Trinajstić information content (AvgIpc) is 3.12. The first kappa shape index (κ1) is 28.6. The van der Waals surface area contributed by atoms with Crippen LogP contribution in [0.4, 0.5) is 22.7 Å². The Morgan fingerprint density at radius 2 is 1.09 bits per heavy atom. The molecule has 0 saturated heterocycles. The van der Waals surface area contributed by atoms with Crippen LogP contribution in [0.5, 0.6) is 0 Å². The van der Waals surface area contributed by atoms with E-state index in [0.29, 0.717) is 0 Å². The Balaban J connectivity index is 1.02. The molecule has 0 atom stereocenters. The SMILES string of the molecule is CC1(C)c2ccccc2N(c2ccccc2)c2ccc(-c3ccc(-c4ccc(/C=C/Nc5ccc6ccccc6c5)cc4)cc3)cc21. The number of nitrogens with zero attached hydrogens (tertiary/aromatic N) is 1. The van der Waals surface area contributed by atoms with Crippen LogP contribution in [0.2, 0.25) is 0 Å². The largest absolute Gasteiger partial charge is 0.362 e. The zero-order chi connectivity index (χ0) is 31.8. The number of hydrogen-bond donors (Lipinski definition) is 1. The van der Waals surface area contributed by atoms with E-state index in [4.69, 9.17) is 0 Å². The molecule has 0 fully saturated rings. The highest BCUT2D eigenvalue weighted by molar-refractivity contribution is 5.88. The molecule has 1 N–H and O–H groups in total. The van der Waals surface area contributed by atoms with E-state index < -0.39 is 0 Å². The second-order valence-corrected chi connectivity index (χ2v) is 12.8. The highest BCUT2D eigenvalue weighted by Gasteiger charge is 2.36. The third kappa shape index (κ3) is 5.38. The molecule has 0 spiro atoms. The Labute approximate surface area is 277 Å². The molecule has 1 heterocycles. The normalized spacial score (nSPS) is 13.4. The maximum Gasteiger partial charge on any atom is 0.0503 e. The van der Waals surface area contributed by atoms with E-state index in [9.17, 15) is 0 Å². The van der Waals surface area contributed by atoms with Gasteiger partial charge in [-0.1, -0.05) is 135 Å². The Morgan fingerprint density at radius 1 is 0.489 bits per heavy atom. The minimum absolute atomic E-state index is 0.131. The van der Waals surface area contributed by atoms with Crippen molar-refractivity contribution in [2.75, 3.05) is 10.2 Å². The van der Waals surface area contributed by atoms with Crippen LogP contribution in [0.15, 0.2) is 170 Å². The number of nitrogens with one attached hydrogen (secondary N) is 1. The molecule has 0 unspecified atom stereocenters. The van der Waals surface area contributed by atoms with Gasteiger partial charge in [-0.15, -0.1) is 0 Å². The van der Waals surface area contributed by atoms with E-state index in [1.807, 2.05) is 6.20 Å². The van der Waals surface area contributed by atoms with Gasteiger partial charge < -0.3 is 10.2 Å². The van der Waals surface area contributed by atoms with Crippen LogP contribution in [0.1, 0.15) is 30.5 Å². The lowest BCUT2D eigenvalue weighted by Gasteiger charge is -2.42. The summed E-state index contributed by atoms with van der Waals surface area (Å²) in [5.41, 5.74) is 13.3. The second-order valence-electron chi connectivity index (χ2n) is 12.8. The molecule has 2 heteroatoms. The van der Waals surface area contributed by atoms with Gasteiger partial charge >= 0.3 is 0 Å². The monoisotopic (exact) mass is 604 g/mol. The standard InChI is InChI=1S/C45H36N2/c1-45(2)41-14-8-9-15-43(41)47(40-12-4-3-5-13-40)44-27-25-38(31-42(44)45)36-22-20-35(21-23-36)34-18-16-32(17-19-34)28-29-46-39-26-24-33-10-6-7-11-37(33)30-39/h3-31,46H,1-2H3/b29-28+. The van der Waals surface area contributed by atoms with Crippen molar-refractivity contribution in [2.24, 2.45) is 0 Å². The molecule has 0 aliphatic carbocycles. The van der Waals surface area contributed by atoms with Gasteiger partial charge in [0.1, 0.15) is 0 Å². The van der Waals surface area contributed by atoms with Gasteiger partial charge in [0.05, 0.1) is 11.4 Å². The zero-order valence-electron chi connectivity index (χ0n) is 26.7. The van der Waals surface area contributed by atoms with Gasteiger partial charge in [0, 0.05) is 23.0 Å². The molecule has 7 aromatic rings. The van der Waals surface area contributed by atoms with Crippen LogP contribution < -0.4 is 10.2 Å². The maximum atomic E-state index is 3.41. The van der Waals surface area contributed by atoms with Crippen molar-refractivity contribution in [2.45, 2.75) is 19.3 Å². The van der Waals surface area contributed by atoms with Crippen LogP contribution in [0.25, 0.3) is 39.1 Å². The van der Waals surface area contributed by atoms with Crippen molar-refractivity contribution in [1.82, 2.24) is 0 Å². The fraction of sp³-hybridized carbons (Fsp3) is 0.0667. The van der Waals surface area contributed by atoms with Crippen molar-refractivity contribution in [3.05, 3.63) is 187 Å². The highest BCUT2D eigenvalue weighted by atomic mass is 15.2. The number of anilines is 4. The van der Waals surface area contributed by atoms with Gasteiger partial charge in [-0.25, -0.2) is 0 Å². The third-order valence-electron chi connectivity index (χ3n) is 9.48. The molecule has 8 rings (SSSR count). The van der Waals surface area contributed by atoms with Gasteiger partial charge in [-0.3, -0.25) is 0 Å². The van der Waals surface area contributed by atoms with Gasteiger partial charge in [0.2, 0.25) is 0 Å². The maximum absolute atomic E-state index is 3.41. The van der Waals surface area contributed by atoms with Crippen molar-refractivity contribution < 1.29 is 0 Å². The lowest BCUT2D eigenvalue weighted by atomic mass is 9.73. The van der Waals surface area contributed by atoms with Crippen LogP contribution in [-0.4, -0.2) is 0 Å². The van der Waals surface area contributed by atoms with E-state index >= 15 is 0 Å². The summed E-state index contributed by atoms with van der Waals surface area (Å²) in [6.45, 7) is 4.69. The molecule has 0 radical (unpaired) electrons. The molecule has 226 valence electrons. The predicted octanol–water partition coefficient (Wildman–Crippen LogP) is 12.4. The second kappa shape index (κ2) is 11.8. The first-order valence-corrected chi connectivity index (χ1v) is 16.3. The Bertz CT molecular complexity index is 2230. The topological polar surface area (TPSA) is 15.3 Å². The number of hydrogen-bond acceptors (Lipinski definition) is 2. The molecular weight excluding hydrogens is 569 g/mol. The van der Waals surface area contributed by atoms with Gasteiger partial charge in [0.25, 0.3) is 0 Å². The summed E-state index contributed by atoms with van der Waals surface area (Å²) in [5, 5.41) is 5.89. The minimum Gasteiger partial charge on any atom is -0.362 e. The summed E-state index contributed by atoms with van der Waals surface area (Å²) in [6, 6.07) is 59.0. The van der Waals surface area contributed by atoms with Crippen LogP contribution in [0.3, 0.4) is 0 Å². The van der Waals surface area contributed by atoms with E-state index in [1.54, 1.807) is 0 Å². The summed E-state index contributed by atoms with van der Waals surface area (Å²) in [7, 11) is 0. The highest BCUT2D eigenvalue weighted by Crippen LogP contribution is 2.52. The fourth-order valence-electron chi connectivity index (χ4n) is 6.89. The fourth-order valence-corrected chi connectivity index (χ4v) is 6.89. The van der Waals surface area contributed by atoms with Crippen molar-refractivity contribution in [1.29, 1.82) is 0 Å². The van der Waals surface area contributed by atoms with E-state index in [0.717, 1.165) is 11.3 Å². The lowest BCUT2D eigenvalue weighted by Crippen LogP contribution is -2.30. The van der Waals surface area contributed by atoms with Crippen molar-refractivity contribution in [3.8, 4) is 22.3 Å². The van der Waals surface area contributed by atoms with E-state index in [1.165, 1.54) is 61.2 Å². The number of benzene rings is 7. The van der Waals surface area contributed by atoms with Crippen LogP contribution >= 0.6 is 0 Å². The quantitative estimate of drug-likeness (QED) is 0.203. The molecule has 0 bridgehead atoms. The molecule has 47 heavy (non-hydrogen) atoms. The molecule has 0 amide bonds. The summed E-state index contributed by atoms with van der Waals surface area (Å²) < 4.78 is 0. The van der Waals surface area contributed by atoms with Gasteiger partial charge in [0.15, 0.2) is 0 Å². The number of rotatable bonds is 6. The Morgan fingerprint density at radius 3 is 1.85 bits per heavy atom. The molecule has 7 aromatic carbocycles. The smallest absolute Gasteiger partial charge is 0.0503 e. The summed E-state index contributed by atoms with van der Waals surface area (Å²) >= 11 is 0. The van der Waals surface area contributed by atoms with Crippen LogP contribution in [0, 0.1) is 0 Å². The minimum atomic E-state index is -0.131. The Kier molecular flexibility index (Phi) is 7.19. The van der Waals surface area contributed by atoms with E-state index in [-0.39, 0.29) is 5.41 Å². The molecule has 2 nitrogen and oxygen atoms in total. The number of fused-ring (bicyclic) bond motifs is 3. The van der Waals surface area contributed by atoms with Gasteiger partial charge in [-0.2, -0.15) is 0 Å². The summed E-state index contributed by atoms with van der Waals surface area (Å²) in [6.07, 6.45) is 4.11. The molecule has 0 saturated carbocycles. The molecular formula is C45H36N2. The van der Waals surface area contributed by atoms with Gasteiger partial charge in [-0.05, 0) is 98.3 Å². The summed E-state index contributed by atoms with van der Waals surface area (Å²) in [4.78, 5) is 2.40. The third-order valence-corrected chi connectivity index (χ3v) is 9.48. The molecule has 1 aliphatic rings.